The molecule has 0 aliphatic rings. The fourth-order valence-electron chi connectivity index (χ4n) is 3.00. The Hall–Kier alpha value is -2.96. The molecule has 0 spiro atoms. The van der Waals surface area contributed by atoms with Crippen molar-refractivity contribution in [2.24, 2.45) is 0 Å². The number of hydrogen-bond acceptors (Lipinski definition) is 6. The van der Waals surface area contributed by atoms with E-state index in [0.717, 1.165) is 23.4 Å². The minimum atomic E-state index is -0.277. The molecule has 2 aromatic carbocycles. The van der Waals surface area contributed by atoms with Gasteiger partial charge in [0.15, 0.2) is 0 Å². The number of carbonyl (C=O) groups is 1. The van der Waals surface area contributed by atoms with Crippen molar-refractivity contribution in [1.29, 1.82) is 0 Å². The van der Waals surface area contributed by atoms with E-state index in [9.17, 15) is 4.79 Å². The zero-order valence-corrected chi connectivity index (χ0v) is 19.3. The summed E-state index contributed by atoms with van der Waals surface area (Å²) in [6, 6.07) is 11.0. The molecular weight excluding hydrogens is 451 g/mol. The Labute approximate surface area is 181 Å². The van der Waals surface area contributed by atoms with Crippen LogP contribution in [0.2, 0.25) is 0 Å². The molecule has 1 N–H and O–H groups in total. The van der Waals surface area contributed by atoms with E-state index in [1.807, 2.05) is 24.3 Å². The zero-order valence-electron chi connectivity index (χ0n) is 17.6. The average Bonchev–Trinajstić information content (AvgIpc) is 3.20. The van der Waals surface area contributed by atoms with Gasteiger partial charge in [-0.2, -0.15) is 0 Å². The van der Waals surface area contributed by atoms with Crippen molar-refractivity contribution in [2.45, 2.75) is 13.3 Å². The SMILES string of the molecule is CCc1[se]c(NC(=O)c2cc(OC)c(OC)c(OC)c2)nc1-c1ccc(OC)cc1. The van der Waals surface area contributed by atoms with Crippen molar-refractivity contribution >= 4 is 25.1 Å². The van der Waals surface area contributed by atoms with Gasteiger partial charge < -0.3 is 0 Å². The van der Waals surface area contributed by atoms with Gasteiger partial charge in [0.2, 0.25) is 0 Å². The number of anilines is 1. The first kappa shape index (κ1) is 21.7. The van der Waals surface area contributed by atoms with E-state index in [1.54, 1.807) is 19.2 Å². The van der Waals surface area contributed by atoms with E-state index in [4.69, 9.17) is 23.9 Å². The standard InChI is InChI=1S/C22H24N2O5Se/c1-6-18-19(13-7-9-15(26-2)10-8-13)23-22(30-18)24-21(25)14-11-16(27-3)20(29-5)17(12-14)28-4/h7-12H,6H2,1-5H3,(H,23,24,25). The third kappa shape index (κ3) is 4.45. The van der Waals surface area contributed by atoms with Gasteiger partial charge in [-0.3, -0.25) is 0 Å². The first-order valence-corrected chi connectivity index (χ1v) is 11.0. The molecule has 30 heavy (non-hydrogen) atoms. The summed E-state index contributed by atoms with van der Waals surface area (Å²) in [6.07, 6.45) is 0.869. The Morgan fingerprint density at radius 2 is 1.60 bits per heavy atom. The van der Waals surface area contributed by atoms with Crippen LogP contribution >= 0.6 is 0 Å². The van der Waals surface area contributed by atoms with E-state index >= 15 is 0 Å². The van der Waals surface area contributed by atoms with E-state index in [0.29, 0.717) is 27.5 Å². The quantitative estimate of drug-likeness (QED) is 0.501. The van der Waals surface area contributed by atoms with Crippen molar-refractivity contribution in [1.82, 2.24) is 4.98 Å². The van der Waals surface area contributed by atoms with Crippen LogP contribution in [0.5, 0.6) is 23.0 Å². The van der Waals surface area contributed by atoms with Crippen LogP contribution in [-0.2, 0) is 6.42 Å². The molecule has 3 rings (SSSR count). The second kappa shape index (κ2) is 9.69. The summed E-state index contributed by atoms with van der Waals surface area (Å²) in [5.74, 6) is 1.80. The maximum atomic E-state index is 12.9. The summed E-state index contributed by atoms with van der Waals surface area (Å²) in [5.41, 5.74) is 2.32. The van der Waals surface area contributed by atoms with Crippen LogP contribution in [0, 0.1) is 0 Å². The van der Waals surface area contributed by atoms with E-state index < -0.39 is 0 Å². The van der Waals surface area contributed by atoms with Gasteiger partial charge >= 0.3 is 182 Å². The van der Waals surface area contributed by atoms with Gasteiger partial charge in [0.25, 0.3) is 0 Å². The molecule has 0 saturated heterocycles. The Balaban J connectivity index is 1.89. The summed E-state index contributed by atoms with van der Waals surface area (Å²) in [6.45, 7) is 2.10. The van der Waals surface area contributed by atoms with Crippen molar-refractivity contribution in [3.8, 4) is 34.3 Å². The molecule has 0 bridgehead atoms. The summed E-state index contributed by atoms with van der Waals surface area (Å²) in [5, 5.41) is 2.94. The fraction of sp³-hybridized carbons (Fsp3) is 0.273. The summed E-state index contributed by atoms with van der Waals surface area (Å²) >= 11 is -0.0552. The number of rotatable bonds is 8. The second-order valence-electron chi connectivity index (χ2n) is 6.24. The number of aryl methyl sites for hydroxylation is 1. The van der Waals surface area contributed by atoms with Crippen LogP contribution in [0.1, 0.15) is 21.7 Å². The summed E-state index contributed by atoms with van der Waals surface area (Å²) < 4.78 is 23.1. The number of methoxy groups -OCH3 is 4. The molecule has 1 aromatic heterocycles. The van der Waals surface area contributed by atoms with Crippen LogP contribution in [0.3, 0.4) is 0 Å². The van der Waals surface area contributed by atoms with Gasteiger partial charge in [-0.25, -0.2) is 0 Å². The van der Waals surface area contributed by atoms with Crippen LogP contribution in [-0.4, -0.2) is 53.8 Å². The molecule has 0 radical (unpaired) electrons. The number of nitrogens with one attached hydrogen (secondary N) is 1. The predicted molar refractivity (Wildman–Crippen MR) is 117 cm³/mol. The molecule has 7 nitrogen and oxygen atoms in total. The van der Waals surface area contributed by atoms with Crippen molar-refractivity contribution in [2.75, 3.05) is 33.8 Å². The van der Waals surface area contributed by atoms with Crippen LogP contribution in [0.15, 0.2) is 36.4 Å². The molecule has 8 heteroatoms. The summed E-state index contributed by atoms with van der Waals surface area (Å²) in [7, 11) is 6.19. The molecule has 3 aromatic rings. The number of amides is 1. The number of aromatic nitrogens is 1. The second-order valence-corrected chi connectivity index (χ2v) is 8.51. The van der Waals surface area contributed by atoms with E-state index in [2.05, 4.69) is 12.2 Å². The number of hydrogen-bond donors (Lipinski definition) is 1. The number of ether oxygens (including phenoxy) is 4. The molecular formula is C22H24N2O5Se. The summed E-state index contributed by atoms with van der Waals surface area (Å²) in [4.78, 5) is 17.6. The van der Waals surface area contributed by atoms with E-state index in [1.165, 1.54) is 25.8 Å². The van der Waals surface area contributed by atoms with Crippen LogP contribution in [0.25, 0.3) is 11.3 Å². The monoisotopic (exact) mass is 476 g/mol. The molecule has 0 unspecified atom stereocenters. The Morgan fingerprint density at radius 1 is 0.967 bits per heavy atom. The van der Waals surface area contributed by atoms with Gasteiger partial charge in [0.1, 0.15) is 0 Å². The number of benzene rings is 2. The van der Waals surface area contributed by atoms with E-state index in [-0.39, 0.29) is 20.4 Å². The molecule has 0 atom stereocenters. The van der Waals surface area contributed by atoms with Crippen LogP contribution in [0.4, 0.5) is 4.69 Å². The normalized spacial score (nSPS) is 10.4. The van der Waals surface area contributed by atoms with Crippen molar-refractivity contribution in [3.05, 3.63) is 46.4 Å². The molecule has 1 amide bonds. The Bertz CT molecular complexity index is 1010. The number of carbonyl (C=O) groups excluding carboxylic acids is 1. The van der Waals surface area contributed by atoms with Crippen molar-refractivity contribution < 1.29 is 23.7 Å². The van der Waals surface area contributed by atoms with Crippen molar-refractivity contribution in [3.63, 3.8) is 0 Å². The van der Waals surface area contributed by atoms with Gasteiger partial charge in [-0.1, -0.05) is 0 Å². The Kier molecular flexibility index (Phi) is 7.02. The van der Waals surface area contributed by atoms with Gasteiger partial charge in [0, 0.05) is 0 Å². The Morgan fingerprint density at radius 3 is 2.10 bits per heavy atom. The molecule has 158 valence electrons. The topological polar surface area (TPSA) is 78.9 Å². The van der Waals surface area contributed by atoms with Crippen LogP contribution < -0.4 is 24.3 Å². The molecule has 1 heterocycles. The zero-order chi connectivity index (χ0) is 21.7. The molecule has 0 aliphatic carbocycles. The molecule has 0 fully saturated rings. The fourth-order valence-corrected chi connectivity index (χ4v) is 4.93. The minimum absolute atomic E-state index is 0.0552. The number of nitrogens with zero attached hydrogens (tertiary/aromatic N) is 1. The van der Waals surface area contributed by atoms with Gasteiger partial charge in [0.05, 0.1) is 0 Å². The first-order chi connectivity index (χ1) is 14.5. The molecule has 0 aliphatic heterocycles. The maximum absolute atomic E-state index is 12.9. The van der Waals surface area contributed by atoms with Gasteiger partial charge in [-0.05, 0) is 0 Å². The molecule has 0 saturated carbocycles. The third-order valence-electron chi connectivity index (χ3n) is 4.53. The van der Waals surface area contributed by atoms with Gasteiger partial charge in [-0.15, -0.1) is 0 Å². The predicted octanol–water partition coefficient (Wildman–Crippen LogP) is 3.65. The third-order valence-corrected chi connectivity index (χ3v) is 6.87. The average molecular weight is 475 g/mol. The first-order valence-electron chi connectivity index (χ1n) is 9.30.